The number of alkyl halides is 2. The zero-order valence-electron chi connectivity index (χ0n) is 9.17. The maximum atomic E-state index is 14.2. The van der Waals surface area contributed by atoms with E-state index in [1.807, 2.05) is 13.0 Å². The van der Waals surface area contributed by atoms with Gasteiger partial charge < -0.3 is 0 Å². The van der Waals surface area contributed by atoms with Crippen LogP contribution in [0.25, 0.3) is 6.08 Å². The summed E-state index contributed by atoms with van der Waals surface area (Å²) in [7, 11) is 0. The molecule has 2 aliphatic heterocycles. The Balaban J connectivity index is 2.31. The fraction of sp³-hybridized carbons (Fsp3) is 0.364. The van der Waals surface area contributed by atoms with Crippen LogP contribution in [0.15, 0.2) is 11.7 Å². The molecule has 2 nitrogen and oxygen atoms in total. The van der Waals surface area contributed by atoms with Crippen LogP contribution in [-0.2, 0) is 6.17 Å². The van der Waals surface area contributed by atoms with Crippen LogP contribution in [0, 0.1) is 13.8 Å². The van der Waals surface area contributed by atoms with E-state index < -0.39 is 6.17 Å². The molecule has 1 aromatic heterocycles. The van der Waals surface area contributed by atoms with E-state index in [1.165, 1.54) is 0 Å². The average Bonchev–Trinajstić information content (AvgIpc) is 2.73. The third-order valence-corrected chi connectivity index (χ3v) is 3.19. The van der Waals surface area contributed by atoms with Gasteiger partial charge in [0, 0.05) is 0 Å². The second-order valence-corrected chi connectivity index (χ2v) is 4.28. The first-order valence-corrected chi connectivity index (χ1v) is 5.25. The van der Waals surface area contributed by atoms with Crippen LogP contribution in [0.5, 0.6) is 0 Å². The summed E-state index contributed by atoms with van der Waals surface area (Å²) in [4.78, 5) is 1.12. The second kappa shape index (κ2) is 2.84. The Morgan fingerprint density at radius 2 is 2.12 bits per heavy atom. The first kappa shape index (κ1) is 9.81. The summed E-state index contributed by atoms with van der Waals surface area (Å²) in [5, 5.41) is 0. The van der Waals surface area contributed by atoms with Crippen molar-refractivity contribution in [2.45, 2.75) is 20.0 Å². The fourth-order valence-corrected chi connectivity index (χ4v) is 2.48. The Hall–Kier alpha value is -1.39. The average molecular weight is 220 g/mol. The van der Waals surface area contributed by atoms with Gasteiger partial charge in [0.25, 0.3) is 0 Å². The minimum atomic E-state index is -2.96. The topological polar surface area (TPSA) is 8.17 Å². The third-order valence-electron chi connectivity index (χ3n) is 3.19. The van der Waals surface area contributed by atoms with Crippen molar-refractivity contribution in [3.63, 3.8) is 0 Å². The Kier molecular flexibility index (Phi) is 1.74. The molecule has 5 heteroatoms. The monoisotopic (exact) mass is 220 g/mol. The number of hydrogen-bond acceptors (Lipinski definition) is 1. The number of fused-ring (bicyclic) bond motifs is 2. The molecule has 0 saturated heterocycles. The van der Waals surface area contributed by atoms with E-state index in [2.05, 4.69) is 0 Å². The minimum absolute atomic E-state index is 0.273. The van der Waals surface area contributed by atoms with Crippen LogP contribution in [-0.4, -0.2) is 28.9 Å². The van der Waals surface area contributed by atoms with E-state index >= 15 is 0 Å². The van der Waals surface area contributed by atoms with Crippen molar-refractivity contribution in [2.75, 3.05) is 6.54 Å². The quantitative estimate of drug-likeness (QED) is 0.477. The first-order chi connectivity index (χ1) is 7.51. The van der Waals surface area contributed by atoms with Crippen LogP contribution in [0.3, 0.4) is 0 Å². The van der Waals surface area contributed by atoms with Gasteiger partial charge in [-0.1, -0.05) is 0 Å². The summed E-state index contributed by atoms with van der Waals surface area (Å²) >= 11 is 0. The molecule has 2 aliphatic rings. The number of rotatable bonds is 0. The molecule has 3 heterocycles. The van der Waals surface area contributed by atoms with E-state index in [1.54, 1.807) is 25.9 Å². The molecule has 0 aromatic carbocycles. The number of nitrogens with zero attached hydrogens (tertiary/aromatic N) is 2. The maximum absolute atomic E-state index is 14.2. The SMILES string of the molecule is Cc1cc(C)n2c1C=C1B=CCN1C2(F)F. The molecule has 0 bridgehead atoms. The van der Waals surface area contributed by atoms with Gasteiger partial charge in [-0.3, -0.25) is 0 Å². The summed E-state index contributed by atoms with van der Waals surface area (Å²) < 4.78 is 29.6. The zero-order valence-corrected chi connectivity index (χ0v) is 9.17. The molecule has 0 aliphatic carbocycles. The van der Waals surface area contributed by atoms with Gasteiger partial charge in [-0.05, 0) is 0 Å². The number of hydrogen-bond donors (Lipinski definition) is 0. The van der Waals surface area contributed by atoms with Crippen LogP contribution in [0.2, 0.25) is 0 Å². The predicted octanol–water partition coefficient (Wildman–Crippen LogP) is 1.75. The summed E-state index contributed by atoms with van der Waals surface area (Å²) in [6, 6.07) is 1.80. The van der Waals surface area contributed by atoms with Crippen LogP contribution >= 0.6 is 0 Å². The van der Waals surface area contributed by atoms with Gasteiger partial charge in [-0.2, -0.15) is 0 Å². The third kappa shape index (κ3) is 1.03. The Bertz CT molecular complexity index is 528. The van der Waals surface area contributed by atoms with Crippen LogP contribution in [0.1, 0.15) is 17.0 Å². The van der Waals surface area contributed by atoms with Gasteiger partial charge in [0.15, 0.2) is 0 Å². The van der Waals surface area contributed by atoms with Gasteiger partial charge in [-0.15, -0.1) is 0 Å². The van der Waals surface area contributed by atoms with Crippen molar-refractivity contribution < 1.29 is 8.78 Å². The fourth-order valence-electron chi connectivity index (χ4n) is 2.48. The van der Waals surface area contributed by atoms with Gasteiger partial charge in [0.1, 0.15) is 0 Å². The molecule has 0 amide bonds. The molecule has 1 aromatic rings. The van der Waals surface area contributed by atoms with E-state index in [0.29, 0.717) is 17.0 Å². The number of aryl methyl sites for hydroxylation is 2. The predicted molar refractivity (Wildman–Crippen MR) is 60.6 cm³/mol. The van der Waals surface area contributed by atoms with Crippen LogP contribution < -0.4 is 0 Å². The molecule has 0 atom stereocenters. The molecule has 16 heavy (non-hydrogen) atoms. The summed E-state index contributed by atoms with van der Waals surface area (Å²) in [6.07, 6.45) is -1.13. The molecule has 82 valence electrons. The molecule has 0 spiro atoms. The Morgan fingerprint density at radius 1 is 1.38 bits per heavy atom. The van der Waals surface area contributed by atoms with Gasteiger partial charge in [0.05, 0.1) is 0 Å². The first-order valence-electron chi connectivity index (χ1n) is 5.25. The standard InChI is InChI=1S/C11H11BF2N2/c1-7-5-8(2)16-9(7)6-10-12-3-4-15(10)11(16,13)14/h3,5-6H,4H2,1-2H3. The van der Waals surface area contributed by atoms with E-state index in [0.717, 1.165) is 15.0 Å². The van der Waals surface area contributed by atoms with Crippen molar-refractivity contribution >= 4 is 19.0 Å². The normalized spacial score (nSPS) is 20.2. The second-order valence-electron chi connectivity index (χ2n) is 4.28. The van der Waals surface area contributed by atoms with E-state index in [9.17, 15) is 8.78 Å². The molecular formula is C11H11BF2N2. The number of aromatic nitrogens is 1. The Morgan fingerprint density at radius 3 is 2.88 bits per heavy atom. The summed E-state index contributed by atoms with van der Waals surface area (Å²) in [5.41, 5.74) is 2.70. The Labute approximate surface area is 93.1 Å². The van der Waals surface area contributed by atoms with Crippen molar-refractivity contribution in [1.82, 2.24) is 9.47 Å². The number of halogens is 2. The summed E-state index contributed by atoms with van der Waals surface area (Å²) in [5.74, 6) is 1.76. The van der Waals surface area contributed by atoms with Crippen LogP contribution in [0.4, 0.5) is 8.78 Å². The van der Waals surface area contributed by atoms with Gasteiger partial charge in [0.2, 0.25) is 0 Å². The molecule has 3 rings (SSSR count). The molecule has 0 N–H and O–H groups in total. The van der Waals surface area contributed by atoms with E-state index in [4.69, 9.17) is 0 Å². The van der Waals surface area contributed by atoms with Crippen molar-refractivity contribution in [3.8, 4) is 0 Å². The molecular weight excluding hydrogens is 209 g/mol. The van der Waals surface area contributed by atoms with Crippen molar-refractivity contribution in [1.29, 1.82) is 0 Å². The zero-order chi connectivity index (χ0) is 11.5. The molecule has 0 saturated carbocycles. The molecule has 0 unspecified atom stereocenters. The molecule has 0 radical (unpaired) electrons. The van der Waals surface area contributed by atoms with Gasteiger partial charge in [-0.25, -0.2) is 0 Å². The molecule has 0 fully saturated rings. The van der Waals surface area contributed by atoms with Crippen molar-refractivity contribution in [3.05, 3.63) is 28.6 Å². The summed E-state index contributed by atoms with van der Waals surface area (Å²) in [6.45, 7) is 5.60. The van der Waals surface area contributed by atoms with Crippen molar-refractivity contribution in [2.24, 2.45) is 0 Å². The van der Waals surface area contributed by atoms with E-state index in [-0.39, 0.29) is 6.54 Å². The van der Waals surface area contributed by atoms with Gasteiger partial charge >= 0.3 is 92.4 Å².